The lowest BCUT2D eigenvalue weighted by atomic mass is 10.2. The number of nitrogens with zero attached hydrogens (tertiary/aromatic N) is 2. The predicted octanol–water partition coefficient (Wildman–Crippen LogP) is 1.26. The molecule has 3 rings (SSSR count). The zero-order valence-corrected chi connectivity index (χ0v) is 13.8. The number of thioether (sulfide) groups is 1. The van der Waals surface area contributed by atoms with Gasteiger partial charge in [0, 0.05) is 43.1 Å². The molecule has 1 saturated carbocycles. The number of hydrogen-bond donors (Lipinski definition) is 1. The molecule has 1 N–H and O–H groups in total. The summed E-state index contributed by atoms with van der Waals surface area (Å²) in [4.78, 5) is 6.23. The van der Waals surface area contributed by atoms with Crippen LogP contribution in [-0.4, -0.2) is 49.1 Å². The molecular weight excluding hydrogens is 306 g/mol. The van der Waals surface area contributed by atoms with Crippen LogP contribution in [0.25, 0.3) is 0 Å². The van der Waals surface area contributed by atoms with E-state index in [1.54, 1.807) is 24.2 Å². The van der Waals surface area contributed by atoms with Crippen molar-refractivity contribution in [1.82, 2.24) is 10.3 Å². The molecule has 0 spiro atoms. The molecule has 1 atom stereocenters. The third-order valence-electron chi connectivity index (χ3n) is 3.93. The van der Waals surface area contributed by atoms with Crippen molar-refractivity contribution in [1.29, 1.82) is 0 Å². The van der Waals surface area contributed by atoms with E-state index in [0.29, 0.717) is 11.8 Å². The molecule has 21 heavy (non-hydrogen) atoms. The highest BCUT2D eigenvalue weighted by Gasteiger charge is 2.32. The molecular formula is C14H21N3O2S2. The van der Waals surface area contributed by atoms with Gasteiger partial charge in [-0.25, -0.2) is 8.42 Å². The topological polar surface area (TPSA) is 62.3 Å². The van der Waals surface area contributed by atoms with Crippen molar-refractivity contribution in [2.24, 2.45) is 0 Å². The van der Waals surface area contributed by atoms with Crippen LogP contribution in [0, 0.1) is 0 Å². The van der Waals surface area contributed by atoms with Gasteiger partial charge >= 0.3 is 0 Å². The largest absolute Gasteiger partial charge is 0.352 e. The molecule has 1 saturated heterocycles. The van der Waals surface area contributed by atoms with E-state index in [0.717, 1.165) is 30.1 Å². The summed E-state index contributed by atoms with van der Waals surface area (Å²) in [6.07, 6.45) is 7.40. The van der Waals surface area contributed by atoms with Gasteiger partial charge in [0.1, 0.15) is 5.37 Å². The van der Waals surface area contributed by atoms with Gasteiger partial charge in [0.15, 0.2) is 9.84 Å². The third kappa shape index (κ3) is 3.70. The molecule has 1 aromatic heterocycles. The van der Waals surface area contributed by atoms with E-state index >= 15 is 0 Å². The molecule has 0 bridgehead atoms. The van der Waals surface area contributed by atoms with Crippen molar-refractivity contribution in [3.05, 3.63) is 24.0 Å². The minimum absolute atomic E-state index is 0.444. The van der Waals surface area contributed by atoms with Gasteiger partial charge in [0.2, 0.25) is 0 Å². The van der Waals surface area contributed by atoms with Gasteiger partial charge in [-0.2, -0.15) is 11.8 Å². The van der Waals surface area contributed by atoms with Gasteiger partial charge in [-0.15, -0.1) is 0 Å². The second-order valence-electron chi connectivity index (χ2n) is 5.71. The van der Waals surface area contributed by atoms with Crippen LogP contribution in [0.1, 0.15) is 18.4 Å². The van der Waals surface area contributed by atoms with Crippen LogP contribution in [0.2, 0.25) is 0 Å². The summed E-state index contributed by atoms with van der Waals surface area (Å²) in [5, 5.41) is 3.05. The van der Waals surface area contributed by atoms with E-state index in [4.69, 9.17) is 0 Å². The maximum Gasteiger partial charge on any atom is 0.169 e. The standard InChI is InChI=1S/C14H21N3O2S2/c1-21(18,19)14-10-20-7-6-17(14)13-9-15-5-4-11(13)8-16-12-2-3-12/h4-5,9,12,14,16H,2-3,6-8,10H2,1H3. The van der Waals surface area contributed by atoms with Gasteiger partial charge in [0.25, 0.3) is 0 Å². The van der Waals surface area contributed by atoms with E-state index in [9.17, 15) is 8.42 Å². The van der Waals surface area contributed by atoms with Crippen molar-refractivity contribution in [2.75, 3.05) is 29.2 Å². The normalized spacial score (nSPS) is 23.3. The van der Waals surface area contributed by atoms with Crippen molar-refractivity contribution in [3.8, 4) is 0 Å². The highest BCUT2D eigenvalue weighted by molar-refractivity contribution is 8.01. The maximum absolute atomic E-state index is 12.1. The van der Waals surface area contributed by atoms with Crippen molar-refractivity contribution in [2.45, 2.75) is 30.8 Å². The van der Waals surface area contributed by atoms with Crippen molar-refractivity contribution >= 4 is 27.3 Å². The molecule has 0 radical (unpaired) electrons. The quantitative estimate of drug-likeness (QED) is 0.878. The first-order chi connectivity index (χ1) is 10.1. The molecule has 2 heterocycles. The predicted molar refractivity (Wildman–Crippen MR) is 87.4 cm³/mol. The van der Waals surface area contributed by atoms with Crippen LogP contribution in [0.5, 0.6) is 0 Å². The summed E-state index contributed by atoms with van der Waals surface area (Å²) >= 11 is 1.71. The monoisotopic (exact) mass is 327 g/mol. The minimum Gasteiger partial charge on any atom is -0.352 e. The Morgan fingerprint density at radius 3 is 3.00 bits per heavy atom. The van der Waals surface area contributed by atoms with Crippen molar-refractivity contribution < 1.29 is 8.42 Å². The summed E-state index contributed by atoms with van der Waals surface area (Å²) in [5.74, 6) is 1.58. The first-order valence-electron chi connectivity index (χ1n) is 7.25. The summed E-state index contributed by atoms with van der Waals surface area (Å²) in [6.45, 7) is 1.53. The second kappa shape index (κ2) is 6.14. The van der Waals surface area contributed by atoms with Crippen LogP contribution < -0.4 is 10.2 Å². The summed E-state index contributed by atoms with van der Waals surface area (Å²) in [5.41, 5.74) is 2.10. The van der Waals surface area contributed by atoms with Gasteiger partial charge in [-0.3, -0.25) is 4.98 Å². The first-order valence-corrected chi connectivity index (χ1v) is 10.4. The van der Waals surface area contributed by atoms with Gasteiger partial charge in [-0.05, 0) is 24.5 Å². The number of nitrogens with one attached hydrogen (secondary N) is 1. The smallest absolute Gasteiger partial charge is 0.169 e. The van der Waals surface area contributed by atoms with E-state index in [1.807, 2.05) is 11.0 Å². The highest BCUT2D eigenvalue weighted by atomic mass is 32.2. The molecule has 1 aliphatic carbocycles. The number of rotatable bonds is 5. The van der Waals surface area contributed by atoms with E-state index in [2.05, 4.69) is 10.3 Å². The molecule has 2 fully saturated rings. The number of hydrogen-bond acceptors (Lipinski definition) is 6. The molecule has 5 nitrogen and oxygen atoms in total. The van der Waals surface area contributed by atoms with Crippen LogP contribution in [0.15, 0.2) is 18.5 Å². The Labute approximate surface area is 130 Å². The number of sulfone groups is 1. The van der Waals surface area contributed by atoms with E-state index < -0.39 is 15.2 Å². The Hall–Kier alpha value is -0.790. The Balaban J connectivity index is 1.86. The minimum atomic E-state index is -3.10. The lowest BCUT2D eigenvalue weighted by Crippen LogP contribution is -2.47. The lowest BCUT2D eigenvalue weighted by Gasteiger charge is -2.36. The summed E-state index contributed by atoms with van der Waals surface area (Å²) in [7, 11) is -3.10. The molecule has 0 aromatic carbocycles. The molecule has 1 unspecified atom stereocenters. The molecule has 2 aliphatic rings. The number of anilines is 1. The maximum atomic E-state index is 12.1. The summed E-state index contributed by atoms with van der Waals surface area (Å²) in [6, 6.07) is 2.62. The van der Waals surface area contributed by atoms with E-state index in [1.165, 1.54) is 19.1 Å². The SMILES string of the molecule is CS(=O)(=O)C1CSCCN1c1cnccc1CNC1CC1. The molecule has 0 amide bonds. The van der Waals surface area contributed by atoms with Gasteiger partial charge in [0.05, 0.1) is 11.9 Å². The summed E-state index contributed by atoms with van der Waals surface area (Å²) < 4.78 is 24.1. The third-order valence-corrected chi connectivity index (χ3v) is 6.58. The number of pyridine rings is 1. The highest BCUT2D eigenvalue weighted by Crippen LogP contribution is 2.29. The fourth-order valence-electron chi connectivity index (χ4n) is 2.58. The average molecular weight is 327 g/mol. The Morgan fingerprint density at radius 2 is 2.29 bits per heavy atom. The first kappa shape index (κ1) is 15.1. The van der Waals surface area contributed by atoms with Gasteiger partial charge < -0.3 is 10.2 Å². The Kier molecular flexibility index (Phi) is 4.42. The molecule has 1 aliphatic heterocycles. The molecule has 7 heteroatoms. The van der Waals surface area contributed by atoms with Gasteiger partial charge in [-0.1, -0.05) is 0 Å². The zero-order chi connectivity index (χ0) is 14.9. The van der Waals surface area contributed by atoms with Crippen LogP contribution in [0.4, 0.5) is 5.69 Å². The van der Waals surface area contributed by atoms with Crippen LogP contribution in [0.3, 0.4) is 0 Å². The second-order valence-corrected chi connectivity index (χ2v) is 9.07. The Bertz CT molecular complexity index is 602. The molecule has 1 aromatic rings. The van der Waals surface area contributed by atoms with Crippen LogP contribution >= 0.6 is 11.8 Å². The fraction of sp³-hybridized carbons (Fsp3) is 0.643. The zero-order valence-electron chi connectivity index (χ0n) is 12.2. The van der Waals surface area contributed by atoms with E-state index in [-0.39, 0.29) is 0 Å². The van der Waals surface area contributed by atoms with Crippen LogP contribution in [-0.2, 0) is 16.4 Å². The lowest BCUT2D eigenvalue weighted by molar-refractivity contribution is 0.583. The molecule has 116 valence electrons. The number of aromatic nitrogens is 1. The van der Waals surface area contributed by atoms with Crippen molar-refractivity contribution in [3.63, 3.8) is 0 Å². The average Bonchev–Trinajstić information content (AvgIpc) is 3.29. The fourth-order valence-corrected chi connectivity index (χ4v) is 5.41. The Morgan fingerprint density at radius 1 is 1.48 bits per heavy atom.